The van der Waals surface area contributed by atoms with Gasteiger partial charge in [0.25, 0.3) is 0 Å². The van der Waals surface area contributed by atoms with Crippen molar-refractivity contribution < 1.29 is 5.11 Å². The van der Waals surface area contributed by atoms with E-state index < -0.39 is 0 Å². The van der Waals surface area contributed by atoms with Crippen LogP contribution in [0.2, 0.25) is 0 Å². The molecule has 0 amide bonds. The Morgan fingerprint density at radius 2 is 2.05 bits per heavy atom. The van der Waals surface area contributed by atoms with Crippen molar-refractivity contribution >= 4 is 17.6 Å². The van der Waals surface area contributed by atoms with Gasteiger partial charge in [-0.1, -0.05) is 13.8 Å². The molecule has 1 aromatic rings. The van der Waals surface area contributed by atoms with Crippen LogP contribution in [-0.4, -0.2) is 33.5 Å². The fourth-order valence-corrected chi connectivity index (χ4v) is 2.80. The minimum atomic E-state index is 0.222. The summed E-state index contributed by atoms with van der Waals surface area (Å²) in [6, 6.07) is 0. The van der Waals surface area contributed by atoms with Crippen LogP contribution in [-0.2, 0) is 6.42 Å². The summed E-state index contributed by atoms with van der Waals surface area (Å²) in [6.07, 6.45) is 2.74. The Morgan fingerprint density at radius 3 is 2.63 bits per heavy atom. The maximum absolute atomic E-state index is 9.00. The van der Waals surface area contributed by atoms with Crippen molar-refractivity contribution in [2.45, 2.75) is 57.2 Å². The smallest absolute Gasteiger partial charge is 0.133 e. The molecule has 19 heavy (non-hydrogen) atoms. The first-order valence-electron chi connectivity index (χ1n) is 7.01. The van der Waals surface area contributed by atoms with Crippen molar-refractivity contribution in [3.05, 3.63) is 11.4 Å². The number of anilines is 1. The topological polar surface area (TPSA) is 58.0 Å². The Labute approximate surface area is 120 Å². The maximum atomic E-state index is 9.00. The molecule has 5 heteroatoms. The molecular weight excluding hydrogens is 258 g/mol. The zero-order valence-corrected chi connectivity index (χ0v) is 13.2. The average Bonchev–Trinajstić information content (AvgIpc) is 2.36. The predicted octanol–water partition coefficient (Wildman–Crippen LogP) is 3.03. The van der Waals surface area contributed by atoms with Crippen molar-refractivity contribution in [1.29, 1.82) is 0 Å². The van der Waals surface area contributed by atoms with Gasteiger partial charge >= 0.3 is 0 Å². The van der Waals surface area contributed by atoms with Gasteiger partial charge in [-0.05, 0) is 26.7 Å². The largest absolute Gasteiger partial charge is 0.396 e. The normalized spacial score (nSPS) is 12.5. The fraction of sp³-hybridized carbons (Fsp3) is 0.714. The molecule has 0 aliphatic rings. The van der Waals surface area contributed by atoms with Crippen LogP contribution in [0.4, 0.5) is 5.82 Å². The number of aryl methyl sites for hydroxylation is 1. The van der Waals surface area contributed by atoms with Crippen molar-refractivity contribution in [2.24, 2.45) is 0 Å². The van der Waals surface area contributed by atoms with Crippen LogP contribution in [0.1, 0.15) is 45.0 Å². The molecule has 0 saturated heterocycles. The number of aliphatic hydroxyl groups excluding tert-OH is 1. The van der Waals surface area contributed by atoms with E-state index in [9.17, 15) is 0 Å². The van der Waals surface area contributed by atoms with E-state index in [1.54, 1.807) is 11.8 Å². The highest BCUT2D eigenvalue weighted by atomic mass is 32.2. The Balaban J connectivity index is 2.99. The molecule has 1 rings (SSSR count). The zero-order chi connectivity index (χ0) is 14.3. The second-order valence-electron chi connectivity index (χ2n) is 4.64. The molecule has 0 spiro atoms. The Hall–Kier alpha value is -0.810. The van der Waals surface area contributed by atoms with Crippen molar-refractivity contribution in [2.75, 3.05) is 18.5 Å². The van der Waals surface area contributed by atoms with E-state index in [4.69, 9.17) is 5.11 Å². The van der Waals surface area contributed by atoms with Gasteiger partial charge in [0.05, 0.1) is 0 Å². The second-order valence-corrected chi connectivity index (χ2v) is 6.07. The average molecular weight is 283 g/mol. The second kappa shape index (κ2) is 8.38. The van der Waals surface area contributed by atoms with Crippen LogP contribution in [0.3, 0.4) is 0 Å². The highest BCUT2D eigenvalue weighted by Crippen LogP contribution is 2.29. The maximum Gasteiger partial charge on any atom is 0.133 e. The number of rotatable bonds is 8. The van der Waals surface area contributed by atoms with Crippen LogP contribution < -0.4 is 5.32 Å². The quantitative estimate of drug-likeness (QED) is 0.567. The van der Waals surface area contributed by atoms with Gasteiger partial charge in [-0.3, -0.25) is 0 Å². The highest BCUT2D eigenvalue weighted by molar-refractivity contribution is 7.99. The van der Waals surface area contributed by atoms with Gasteiger partial charge < -0.3 is 10.4 Å². The zero-order valence-electron chi connectivity index (χ0n) is 12.4. The van der Waals surface area contributed by atoms with Crippen LogP contribution in [0.25, 0.3) is 0 Å². The minimum absolute atomic E-state index is 0.222. The third-order valence-corrected chi connectivity index (χ3v) is 4.07. The first-order chi connectivity index (χ1) is 9.12. The molecule has 0 aliphatic heterocycles. The summed E-state index contributed by atoms with van der Waals surface area (Å²) < 4.78 is 0. The lowest BCUT2D eigenvalue weighted by molar-refractivity contribution is 0.289. The lowest BCUT2D eigenvalue weighted by Gasteiger charge is -2.15. The van der Waals surface area contributed by atoms with Gasteiger partial charge in [0.1, 0.15) is 16.7 Å². The van der Waals surface area contributed by atoms with Crippen molar-refractivity contribution in [3.63, 3.8) is 0 Å². The number of hydrogen-bond donors (Lipinski definition) is 2. The van der Waals surface area contributed by atoms with Crippen molar-refractivity contribution in [3.8, 4) is 0 Å². The molecule has 4 nitrogen and oxygen atoms in total. The molecule has 0 aliphatic carbocycles. The molecular formula is C14H25N3OS. The summed E-state index contributed by atoms with van der Waals surface area (Å²) in [5.41, 5.74) is 1.11. The molecule has 0 bridgehead atoms. The molecule has 2 N–H and O–H groups in total. The molecule has 0 fully saturated rings. The molecule has 1 heterocycles. The van der Waals surface area contributed by atoms with E-state index >= 15 is 0 Å². The fourth-order valence-electron chi connectivity index (χ4n) is 1.76. The number of aromatic nitrogens is 2. The highest BCUT2D eigenvalue weighted by Gasteiger charge is 2.13. The van der Waals surface area contributed by atoms with Crippen molar-refractivity contribution in [1.82, 2.24) is 9.97 Å². The Kier molecular flexibility index (Phi) is 7.16. The Morgan fingerprint density at radius 1 is 1.32 bits per heavy atom. The van der Waals surface area contributed by atoms with Crippen LogP contribution >= 0.6 is 11.8 Å². The lowest BCUT2D eigenvalue weighted by atomic mass is 10.3. The van der Waals surface area contributed by atoms with E-state index in [1.165, 1.54) is 0 Å². The summed E-state index contributed by atoms with van der Waals surface area (Å²) in [5, 5.41) is 13.7. The third-order valence-electron chi connectivity index (χ3n) is 2.81. The number of nitrogens with zero attached hydrogens (tertiary/aromatic N) is 2. The van der Waals surface area contributed by atoms with Gasteiger partial charge in [-0.2, -0.15) is 0 Å². The van der Waals surface area contributed by atoms with Crippen LogP contribution in [0.15, 0.2) is 5.03 Å². The monoisotopic (exact) mass is 283 g/mol. The first-order valence-corrected chi connectivity index (χ1v) is 7.89. The van der Waals surface area contributed by atoms with Gasteiger partial charge in [-0.15, -0.1) is 11.8 Å². The van der Waals surface area contributed by atoms with E-state index in [1.807, 2.05) is 0 Å². The number of nitrogens with one attached hydrogen (secondary N) is 1. The summed E-state index contributed by atoms with van der Waals surface area (Å²) in [4.78, 5) is 9.24. The van der Waals surface area contributed by atoms with Gasteiger partial charge in [0.15, 0.2) is 0 Å². The summed E-state index contributed by atoms with van der Waals surface area (Å²) in [5.74, 6) is 1.85. The molecule has 1 unspecified atom stereocenters. The third kappa shape index (κ3) is 4.99. The molecule has 1 aromatic heterocycles. The van der Waals surface area contributed by atoms with E-state index in [2.05, 4.69) is 43.0 Å². The van der Waals surface area contributed by atoms with Crippen LogP contribution in [0, 0.1) is 6.92 Å². The Bertz CT molecular complexity index is 399. The number of aliphatic hydroxyl groups is 1. The van der Waals surface area contributed by atoms with E-state index in [0.717, 1.165) is 48.0 Å². The standard InChI is InChI=1S/C14H25N3OS/c1-5-7-12-16-13(15-6-2)11(4)14(17-12)19-10(3)8-9-18/h10,18H,5-9H2,1-4H3,(H,15,16,17). The lowest BCUT2D eigenvalue weighted by Crippen LogP contribution is -2.09. The van der Waals surface area contributed by atoms with E-state index in [0.29, 0.717) is 5.25 Å². The van der Waals surface area contributed by atoms with Gasteiger partial charge in [0.2, 0.25) is 0 Å². The van der Waals surface area contributed by atoms with Gasteiger partial charge in [0, 0.05) is 30.4 Å². The molecule has 108 valence electrons. The first kappa shape index (κ1) is 16.2. The van der Waals surface area contributed by atoms with Gasteiger partial charge in [-0.25, -0.2) is 9.97 Å². The van der Waals surface area contributed by atoms with E-state index in [-0.39, 0.29) is 6.61 Å². The molecule has 0 aromatic carbocycles. The predicted molar refractivity (Wildman–Crippen MR) is 81.9 cm³/mol. The molecule has 0 saturated carbocycles. The summed E-state index contributed by atoms with van der Waals surface area (Å²) in [6.45, 7) is 9.47. The van der Waals surface area contributed by atoms with Crippen LogP contribution in [0.5, 0.6) is 0 Å². The summed E-state index contributed by atoms with van der Waals surface area (Å²) >= 11 is 1.72. The number of thioether (sulfide) groups is 1. The summed E-state index contributed by atoms with van der Waals surface area (Å²) in [7, 11) is 0. The minimum Gasteiger partial charge on any atom is -0.396 e. The molecule has 0 radical (unpaired) electrons. The SMILES string of the molecule is CCCc1nc(NCC)c(C)c(SC(C)CCO)n1. The number of hydrogen-bond acceptors (Lipinski definition) is 5. The molecule has 1 atom stereocenters.